The first-order chi connectivity index (χ1) is 15.3. The van der Waals surface area contributed by atoms with E-state index in [1.54, 1.807) is 0 Å². The van der Waals surface area contributed by atoms with Crippen LogP contribution >= 0.6 is 0 Å². The lowest BCUT2D eigenvalue weighted by molar-refractivity contribution is -0.313. The average Bonchev–Trinajstić information content (AvgIpc) is 2.95. The second kappa shape index (κ2) is 7.91. The van der Waals surface area contributed by atoms with Crippen LogP contribution in [0, 0.1) is 5.92 Å². The number of nitrogens with zero attached hydrogens (tertiary/aromatic N) is 2. The second-order valence-corrected chi connectivity index (χ2v) is 8.42. The first kappa shape index (κ1) is 23.4. The molecule has 2 aliphatic carbocycles. The lowest BCUT2D eigenvalue weighted by Gasteiger charge is -2.43. The van der Waals surface area contributed by atoms with Crippen molar-refractivity contribution in [3.8, 4) is 17.0 Å². The quantitative estimate of drug-likeness (QED) is 0.527. The molecule has 0 aliphatic heterocycles. The van der Waals surface area contributed by atoms with Crippen molar-refractivity contribution in [2.24, 2.45) is 13.0 Å². The van der Waals surface area contributed by atoms with Crippen molar-refractivity contribution >= 4 is 11.7 Å². The molecule has 1 atom stereocenters. The zero-order chi connectivity index (χ0) is 24.2. The van der Waals surface area contributed by atoms with Crippen molar-refractivity contribution in [1.82, 2.24) is 9.78 Å². The molecule has 0 spiro atoms. The number of hydrogen-bond donors (Lipinski definition) is 1. The van der Waals surface area contributed by atoms with Crippen molar-refractivity contribution in [1.29, 1.82) is 0 Å². The highest BCUT2D eigenvalue weighted by molar-refractivity contribution is 5.92. The van der Waals surface area contributed by atoms with Crippen molar-refractivity contribution in [2.75, 3.05) is 5.32 Å². The van der Waals surface area contributed by atoms with E-state index in [0.29, 0.717) is 16.8 Å². The molecule has 2 aromatic rings. The highest BCUT2D eigenvalue weighted by atomic mass is 19.4. The number of nitrogens with one attached hydrogen (secondary N) is 1. The summed E-state index contributed by atoms with van der Waals surface area (Å²) in [6, 6.07) is 5.07. The zero-order valence-corrected chi connectivity index (χ0v) is 17.4. The Morgan fingerprint density at radius 3 is 2.30 bits per heavy atom. The standard InChI is InChI=1S/C21H20F7N3O2/c1-31-18(29-15(32)9-13-10-19(22,23)20(13,24)25)16(11-3-2-4-11)17(30-31)12-5-7-14(8-6-12)33-21(26,27)28/h5-8,11,13H,2-4,9-10H2,1H3,(H,29,32)/t13-/m0/s1. The number of anilines is 1. The largest absolute Gasteiger partial charge is 0.573 e. The minimum atomic E-state index is -4.83. The molecular weight excluding hydrogens is 459 g/mol. The van der Waals surface area contributed by atoms with Gasteiger partial charge in [0.15, 0.2) is 0 Å². The Labute approximate surface area is 183 Å². The van der Waals surface area contributed by atoms with Crippen LogP contribution in [0.25, 0.3) is 11.3 Å². The van der Waals surface area contributed by atoms with Gasteiger partial charge in [0.05, 0.1) is 5.69 Å². The van der Waals surface area contributed by atoms with Gasteiger partial charge in [0, 0.05) is 36.9 Å². The Bertz CT molecular complexity index is 1040. The molecule has 0 unspecified atom stereocenters. The molecule has 0 bridgehead atoms. The number of carbonyl (C=O) groups excluding carboxylic acids is 1. The van der Waals surface area contributed by atoms with Crippen LogP contribution in [0.2, 0.25) is 0 Å². The molecule has 2 saturated carbocycles. The fraction of sp³-hybridized carbons (Fsp3) is 0.524. The first-order valence-corrected chi connectivity index (χ1v) is 10.3. The summed E-state index contributed by atoms with van der Waals surface area (Å²) in [5.74, 6) is -11.1. The van der Waals surface area contributed by atoms with Crippen molar-refractivity contribution < 1.29 is 40.3 Å². The van der Waals surface area contributed by atoms with Crippen molar-refractivity contribution in [3.05, 3.63) is 29.8 Å². The van der Waals surface area contributed by atoms with E-state index in [1.807, 2.05) is 0 Å². The Balaban J connectivity index is 1.57. The van der Waals surface area contributed by atoms with Gasteiger partial charge >= 0.3 is 18.2 Å². The van der Waals surface area contributed by atoms with Crippen LogP contribution in [-0.2, 0) is 11.8 Å². The fourth-order valence-electron chi connectivity index (χ4n) is 4.15. The van der Waals surface area contributed by atoms with Gasteiger partial charge < -0.3 is 10.1 Å². The number of aryl methyl sites for hydroxylation is 1. The smallest absolute Gasteiger partial charge is 0.406 e. The summed E-state index contributed by atoms with van der Waals surface area (Å²) < 4.78 is 95.7. The van der Waals surface area contributed by atoms with Crippen LogP contribution in [0.15, 0.2) is 24.3 Å². The third-order valence-electron chi connectivity index (χ3n) is 6.15. The average molecular weight is 479 g/mol. The first-order valence-electron chi connectivity index (χ1n) is 10.3. The van der Waals surface area contributed by atoms with Gasteiger partial charge in [-0.25, -0.2) is 0 Å². The summed E-state index contributed by atoms with van der Waals surface area (Å²) >= 11 is 0. The SMILES string of the molecule is Cn1nc(-c2ccc(OC(F)(F)F)cc2)c(C2CCC2)c1NC(=O)C[C@H]1CC(F)(F)C1(F)F. The fourth-order valence-corrected chi connectivity index (χ4v) is 4.15. The van der Waals surface area contributed by atoms with E-state index in [1.165, 1.54) is 23.9 Å². The van der Waals surface area contributed by atoms with Crippen molar-refractivity contribution in [3.63, 3.8) is 0 Å². The van der Waals surface area contributed by atoms with E-state index >= 15 is 0 Å². The third-order valence-corrected chi connectivity index (χ3v) is 6.15. The number of alkyl halides is 7. The topological polar surface area (TPSA) is 56.1 Å². The molecule has 5 nitrogen and oxygen atoms in total. The Morgan fingerprint density at radius 1 is 1.18 bits per heavy atom. The van der Waals surface area contributed by atoms with Crippen LogP contribution < -0.4 is 10.1 Å². The Kier molecular flexibility index (Phi) is 5.60. The van der Waals surface area contributed by atoms with E-state index in [-0.39, 0.29) is 11.7 Å². The number of halogens is 7. The van der Waals surface area contributed by atoms with E-state index < -0.39 is 48.6 Å². The molecule has 1 heterocycles. The number of carbonyl (C=O) groups is 1. The van der Waals surface area contributed by atoms with Gasteiger partial charge in [-0.2, -0.15) is 22.7 Å². The molecule has 1 aromatic carbocycles. The molecule has 4 rings (SSSR count). The molecule has 33 heavy (non-hydrogen) atoms. The molecule has 1 N–H and O–H groups in total. The summed E-state index contributed by atoms with van der Waals surface area (Å²) in [5.41, 5.74) is 1.54. The van der Waals surface area contributed by atoms with E-state index in [0.717, 1.165) is 31.4 Å². The number of amides is 1. The monoisotopic (exact) mass is 479 g/mol. The maximum atomic E-state index is 13.6. The number of benzene rings is 1. The van der Waals surface area contributed by atoms with Crippen LogP contribution in [0.4, 0.5) is 36.6 Å². The normalized spacial score (nSPS) is 21.8. The van der Waals surface area contributed by atoms with Gasteiger partial charge in [-0.1, -0.05) is 6.42 Å². The predicted octanol–water partition coefficient (Wildman–Crippen LogP) is 5.87. The highest BCUT2D eigenvalue weighted by Gasteiger charge is 2.71. The third kappa shape index (κ3) is 4.39. The highest BCUT2D eigenvalue weighted by Crippen LogP contribution is 2.56. The summed E-state index contributed by atoms with van der Waals surface area (Å²) in [5, 5.41) is 6.91. The molecule has 2 fully saturated rings. The molecule has 1 aromatic heterocycles. The molecule has 0 saturated heterocycles. The number of hydrogen-bond acceptors (Lipinski definition) is 3. The lowest BCUT2D eigenvalue weighted by Crippen LogP contribution is -2.59. The molecular formula is C21H20F7N3O2. The molecule has 0 radical (unpaired) electrons. The lowest BCUT2D eigenvalue weighted by atomic mass is 9.74. The maximum absolute atomic E-state index is 13.6. The van der Waals surface area contributed by atoms with E-state index in [9.17, 15) is 35.5 Å². The van der Waals surface area contributed by atoms with Gasteiger partial charge in [0.2, 0.25) is 5.91 Å². The molecule has 12 heteroatoms. The van der Waals surface area contributed by atoms with Gasteiger partial charge in [0.1, 0.15) is 11.6 Å². The van der Waals surface area contributed by atoms with Crippen LogP contribution in [0.5, 0.6) is 5.75 Å². The van der Waals surface area contributed by atoms with Gasteiger partial charge in [0.25, 0.3) is 0 Å². The molecule has 2 aliphatic rings. The number of rotatable bonds is 6. The predicted molar refractivity (Wildman–Crippen MR) is 103 cm³/mol. The Morgan fingerprint density at radius 2 is 1.82 bits per heavy atom. The molecule has 1 amide bonds. The van der Waals surface area contributed by atoms with Crippen LogP contribution in [-0.4, -0.2) is 33.9 Å². The van der Waals surface area contributed by atoms with Crippen molar-refractivity contribution in [2.45, 2.75) is 56.2 Å². The minimum absolute atomic E-state index is 0.00424. The number of ether oxygens (including phenoxy) is 1. The van der Waals surface area contributed by atoms with Crippen LogP contribution in [0.3, 0.4) is 0 Å². The van der Waals surface area contributed by atoms with Gasteiger partial charge in [-0.15, -0.1) is 13.2 Å². The summed E-state index contributed by atoms with van der Waals surface area (Å²) in [7, 11) is 1.52. The minimum Gasteiger partial charge on any atom is -0.406 e. The second-order valence-electron chi connectivity index (χ2n) is 8.42. The zero-order valence-electron chi connectivity index (χ0n) is 17.4. The molecule has 180 valence electrons. The van der Waals surface area contributed by atoms with Gasteiger partial charge in [-0.3, -0.25) is 9.48 Å². The van der Waals surface area contributed by atoms with Gasteiger partial charge in [-0.05, 0) is 43.0 Å². The summed E-state index contributed by atoms with van der Waals surface area (Å²) in [6.45, 7) is 0. The maximum Gasteiger partial charge on any atom is 0.573 e. The Hall–Kier alpha value is -2.79. The number of aromatic nitrogens is 2. The van der Waals surface area contributed by atoms with E-state index in [4.69, 9.17) is 0 Å². The summed E-state index contributed by atoms with van der Waals surface area (Å²) in [6.07, 6.45) is -4.17. The summed E-state index contributed by atoms with van der Waals surface area (Å²) in [4.78, 5) is 12.4. The van der Waals surface area contributed by atoms with E-state index in [2.05, 4.69) is 15.2 Å². The van der Waals surface area contributed by atoms with Crippen LogP contribution in [0.1, 0.15) is 43.6 Å².